The maximum atomic E-state index is 4.50. The van der Waals surface area contributed by atoms with Crippen molar-refractivity contribution in [2.45, 2.75) is 59.0 Å². The summed E-state index contributed by atoms with van der Waals surface area (Å²) in [5.74, 6) is 0. The molecule has 3 nitrogen and oxygen atoms in total. The lowest BCUT2D eigenvalue weighted by atomic mass is 10.2. The molecule has 0 amide bonds. The smallest absolute Gasteiger partial charge is 0.0762 e. The summed E-state index contributed by atoms with van der Waals surface area (Å²) in [5.41, 5.74) is 1.14. The van der Waals surface area contributed by atoms with Crippen LogP contribution in [0.3, 0.4) is 0 Å². The lowest BCUT2D eigenvalue weighted by Crippen LogP contribution is -2.15. The first-order valence-corrected chi connectivity index (χ1v) is 6.48. The van der Waals surface area contributed by atoms with E-state index in [1.807, 2.05) is 4.68 Å². The summed E-state index contributed by atoms with van der Waals surface area (Å²) in [6.07, 6.45) is 7.32. The van der Waals surface area contributed by atoms with Crippen molar-refractivity contribution in [1.82, 2.24) is 15.1 Å². The fourth-order valence-corrected chi connectivity index (χ4v) is 1.65. The molecule has 0 saturated heterocycles. The van der Waals surface area contributed by atoms with Crippen molar-refractivity contribution in [2.24, 2.45) is 0 Å². The molecule has 0 fully saturated rings. The normalized spacial score (nSPS) is 11.2. The molecular weight excluding hydrogens is 198 g/mol. The first kappa shape index (κ1) is 13.2. The average molecular weight is 223 g/mol. The predicted molar refractivity (Wildman–Crippen MR) is 68.5 cm³/mol. The van der Waals surface area contributed by atoms with Gasteiger partial charge in [-0.25, -0.2) is 0 Å². The predicted octanol–water partition coefficient (Wildman–Crippen LogP) is 3.13. The Morgan fingerprint density at radius 3 is 2.75 bits per heavy atom. The molecule has 1 aromatic heterocycles. The number of rotatable bonds is 8. The number of aromatic nitrogens is 2. The van der Waals surface area contributed by atoms with Gasteiger partial charge in [0.1, 0.15) is 0 Å². The zero-order chi connectivity index (χ0) is 11.8. The van der Waals surface area contributed by atoms with Gasteiger partial charge in [-0.05, 0) is 32.9 Å². The standard InChI is InChI=1S/C13H25N3/c1-4-5-6-7-9-14-11-13-8-10-16(15-13)12(2)3/h8,10,12,14H,4-7,9,11H2,1-3H3. The topological polar surface area (TPSA) is 29.9 Å². The summed E-state index contributed by atoms with van der Waals surface area (Å²) in [6, 6.07) is 2.55. The molecule has 0 radical (unpaired) electrons. The summed E-state index contributed by atoms with van der Waals surface area (Å²) in [5, 5.41) is 7.93. The number of nitrogens with zero attached hydrogens (tertiary/aromatic N) is 2. The lowest BCUT2D eigenvalue weighted by molar-refractivity contribution is 0.519. The van der Waals surface area contributed by atoms with E-state index in [0.717, 1.165) is 18.8 Å². The van der Waals surface area contributed by atoms with Crippen LogP contribution in [0.25, 0.3) is 0 Å². The Bertz CT molecular complexity index is 278. The number of nitrogens with one attached hydrogen (secondary N) is 1. The molecule has 0 unspecified atom stereocenters. The number of hydrogen-bond donors (Lipinski definition) is 1. The molecule has 0 aliphatic rings. The molecule has 0 aliphatic carbocycles. The van der Waals surface area contributed by atoms with Crippen molar-refractivity contribution < 1.29 is 0 Å². The van der Waals surface area contributed by atoms with Gasteiger partial charge in [-0.15, -0.1) is 0 Å². The van der Waals surface area contributed by atoms with Crippen LogP contribution in [0.2, 0.25) is 0 Å². The first-order valence-electron chi connectivity index (χ1n) is 6.48. The van der Waals surface area contributed by atoms with E-state index in [1.54, 1.807) is 0 Å². The van der Waals surface area contributed by atoms with Crippen LogP contribution in [0.15, 0.2) is 12.3 Å². The van der Waals surface area contributed by atoms with E-state index < -0.39 is 0 Å². The molecular formula is C13H25N3. The van der Waals surface area contributed by atoms with E-state index in [2.05, 4.69) is 43.4 Å². The van der Waals surface area contributed by atoms with Gasteiger partial charge in [0.15, 0.2) is 0 Å². The second-order valence-corrected chi connectivity index (χ2v) is 4.62. The highest BCUT2D eigenvalue weighted by Crippen LogP contribution is 2.04. The monoisotopic (exact) mass is 223 g/mol. The van der Waals surface area contributed by atoms with Crippen molar-refractivity contribution in [2.75, 3.05) is 6.54 Å². The second-order valence-electron chi connectivity index (χ2n) is 4.62. The van der Waals surface area contributed by atoms with E-state index in [-0.39, 0.29) is 0 Å². The molecule has 0 aliphatic heterocycles. The fourth-order valence-electron chi connectivity index (χ4n) is 1.65. The maximum absolute atomic E-state index is 4.50. The molecule has 16 heavy (non-hydrogen) atoms. The van der Waals surface area contributed by atoms with Gasteiger partial charge < -0.3 is 5.32 Å². The van der Waals surface area contributed by atoms with Gasteiger partial charge in [-0.3, -0.25) is 4.68 Å². The summed E-state index contributed by atoms with van der Waals surface area (Å²) in [7, 11) is 0. The third-order valence-electron chi connectivity index (χ3n) is 2.71. The number of hydrogen-bond acceptors (Lipinski definition) is 2. The first-order chi connectivity index (χ1) is 7.74. The van der Waals surface area contributed by atoms with E-state index >= 15 is 0 Å². The molecule has 0 aromatic carbocycles. The van der Waals surface area contributed by atoms with Gasteiger partial charge in [0.25, 0.3) is 0 Å². The van der Waals surface area contributed by atoms with Crippen LogP contribution in [-0.4, -0.2) is 16.3 Å². The molecule has 92 valence electrons. The van der Waals surface area contributed by atoms with Crippen LogP contribution >= 0.6 is 0 Å². The molecule has 1 rings (SSSR count). The number of unbranched alkanes of at least 4 members (excludes halogenated alkanes) is 3. The highest BCUT2D eigenvalue weighted by atomic mass is 15.3. The summed E-state index contributed by atoms with van der Waals surface area (Å²) in [4.78, 5) is 0. The van der Waals surface area contributed by atoms with Gasteiger partial charge in [0.2, 0.25) is 0 Å². The molecule has 0 spiro atoms. The Balaban J connectivity index is 2.12. The SMILES string of the molecule is CCCCCCNCc1ccn(C(C)C)n1. The van der Waals surface area contributed by atoms with Crippen molar-refractivity contribution in [3.05, 3.63) is 18.0 Å². The molecule has 0 atom stereocenters. The van der Waals surface area contributed by atoms with Crippen LogP contribution in [0.5, 0.6) is 0 Å². The minimum absolute atomic E-state index is 0.457. The molecule has 0 saturated carbocycles. The van der Waals surface area contributed by atoms with E-state index in [0.29, 0.717) is 6.04 Å². The highest BCUT2D eigenvalue weighted by Gasteiger charge is 2.00. The van der Waals surface area contributed by atoms with Gasteiger partial charge in [0, 0.05) is 18.8 Å². The van der Waals surface area contributed by atoms with Crippen LogP contribution < -0.4 is 5.32 Å². The minimum Gasteiger partial charge on any atom is -0.311 e. The molecule has 1 heterocycles. The average Bonchev–Trinajstić information content (AvgIpc) is 2.72. The Morgan fingerprint density at radius 2 is 2.12 bits per heavy atom. The Labute approximate surface area is 99.2 Å². The van der Waals surface area contributed by atoms with Crippen molar-refractivity contribution in [1.29, 1.82) is 0 Å². The van der Waals surface area contributed by atoms with E-state index in [1.165, 1.54) is 25.7 Å². The van der Waals surface area contributed by atoms with Crippen LogP contribution in [0, 0.1) is 0 Å². The van der Waals surface area contributed by atoms with Crippen molar-refractivity contribution in [3.8, 4) is 0 Å². The molecule has 0 bridgehead atoms. The van der Waals surface area contributed by atoms with Gasteiger partial charge in [-0.1, -0.05) is 26.2 Å². The Morgan fingerprint density at radius 1 is 1.31 bits per heavy atom. The quantitative estimate of drug-likeness (QED) is 0.686. The lowest BCUT2D eigenvalue weighted by Gasteiger charge is -2.04. The third kappa shape index (κ3) is 4.79. The molecule has 3 heteroatoms. The zero-order valence-corrected chi connectivity index (χ0v) is 10.9. The highest BCUT2D eigenvalue weighted by molar-refractivity contribution is 4.98. The third-order valence-corrected chi connectivity index (χ3v) is 2.71. The minimum atomic E-state index is 0.457. The fraction of sp³-hybridized carbons (Fsp3) is 0.769. The zero-order valence-electron chi connectivity index (χ0n) is 10.9. The van der Waals surface area contributed by atoms with Crippen LogP contribution in [0.1, 0.15) is 58.2 Å². The van der Waals surface area contributed by atoms with Crippen molar-refractivity contribution in [3.63, 3.8) is 0 Å². The van der Waals surface area contributed by atoms with Crippen LogP contribution in [-0.2, 0) is 6.54 Å². The summed E-state index contributed by atoms with van der Waals surface area (Å²) in [6.45, 7) is 8.54. The largest absolute Gasteiger partial charge is 0.311 e. The van der Waals surface area contributed by atoms with Gasteiger partial charge in [0.05, 0.1) is 5.69 Å². The van der Waals surface area contributed by atoms with Crippen molar-refractivity contribution >= 4 is 0 Å². The maximum Gasteiger partial charge on any atom is 0.0762 e. The van der Waals surface area contributed by atoms with E-state index in [9.17, 15) is 0 Å². The van der Waals surface area contributed by atoms with Gasteiger partial charge in [-0.2, -0.15) is 5.10 Å². The Kier molecular flexibility index (Phi) is 6.16. The molecule has 1 N–H and O–H groups in total. The second kappa shape index (κ2) is 7.44. The van der Waals surface area contributed by atoms with E-state index in [4.69, 9.17) is 0 Å². The summed E-state index contributed by atoms with van der Waals surface area (Å²) < 4.78 is 2.01. The van der Waals surface area contributed by atoms with Gasteiger partial charge >= 0.3 is 0 Å². The summed E-state index contributed by atoms with van der Waals surface area (Å²) >= 11 is 0. The Hall–Kier alpha value is -0.830. The van der Waals surface area contributed by atoms with Crippen LogP contribution in [0.4, 0.5) is 0 Å². The molecule has 1 aromatic rings.